The first-order valence-electron chi connectivity index (χ1n) is 11.1. The molecule has 0 amide bonds. The van der Waals surface area contributed by atoms with E-state index in [2.05, 4.69) is 22.4 Å². The van der Waals surface area contributed by atoms with Crippen LogP contribution in [0.1, 0.15) is 28.0 Å². The Bertz CT molecular complexity index is 1340. The van der Waals surface area contributed by atoms with Gasteiger partial charge in [0, 0.05) is 23.0 Å². The van der Waals surface area contributed by atoms with Crippen LogP contribution >= 0.6 is 11.3 Å². The van der Waals surface area contributed by atoms with Crippen LogP contribution in [0.15, 0.2) is 59.7 Å². The molecule has 4 aromatic rings. The Morgan fingerprint density at radius 2 is 2.03 bits per heavy atom. The van der Waals surface area contributed by atoms with Crippen LogP contribution in [-0.4, -0.2) is 29.8 Å². The maximum Gasteiger partial charge on any atom is 0.262 e. The summed E-state index contributed by atoms with van der Waals surface area (Å²) in [5.41, 5.74) is 3.39. The molecule has 33 heavy (non-hydrogen) atoms. The molecule has 2 aromatic carbocycles. The van der Waals surface area contributed by atoms with E-state index in [4.69, 9.17) is 9.47 Å². The van der Waals surface area contributed by atoms with Gasteiger partial charge in [0.05, 0.1) is 32.5 Å². The Morgan fingerprint density at radius 1 is 1.15 bits per heavy atom. The maximum atomic E-state index is 13.4. The molecule has 0 bridgehead atoms. The SMILES string of the molecule is COc1cccc(CNC2CCc3c(sc4ncn(Cc5ccccc5OC)c(=O)c34)C2)c1. The molecule has 7 heteroatoms. The number of hydrogen-bond acceptors (Lipinski definition) is 6. The summed E-state index contributed by atoms with van der Waals surface area (Å²) in [6.07, 6.45) is 4.48. The van der Waals surface area contributed by atoms with Crippen LogP contribution in [0, 0.1) is 0 Å². The number of nitrogens with one attached hydrogen (secondary N) is 1. The molecule has 2 aromatic heterocycles. The second-order valence-corrected chi connectivity index (χ2v) is 9.43. The van der Waals surface area contributed by atoms with Crippen LogP contribution in [0.3, 0.4) is 0 Å². The number of methoxy groups -OCH3 is 2. The van der Waals surface area contributed by atoms with Gasteiger partial charge in [0.25, 0.3) is 5.56 Å². The van der Waals surface area contributed by atoms with E-state index in [0.717, 1.165) is 53.1 Å². The topological polar surface area (TPSA) is 65.4 Å². The first-order chi connectivity index (χ1) is 16.2. The molecule has 1 aliphatic rings. The molecule has 0 saturated carbocycles. The molecule has 5 rings (SSSR count). The molecule has 1 N–H and O–H groups in total. The minimum absolute atomic E-state index is 0.0335. The third-order valence-electron chi connectivity index (χ3n) is 6.30. The lowest BCUT2D eigenvalue weighted by molar-refractivity contribution is 0.408. The van der Waals surface area contributed by atoms with E-state index in [1.807, 2.05) is 36.4 Å². The van der Waals surface area contributed by atoms with E-state index in [1.54, 1.807) is 36.5 Å². The van der Waals surface area contributed by atoms with Gasteiger partial charge in [0.15, 0.2) is 0 Å². The summed E-state index contributed by atoms with van der Waals surface area (Å²) in [5.74, 6) is 1.65. The third-order valence-corrected chi connectivity index (χ3v) is 7.46. The van der Waals surface area contributed by atoms with E-state index in [0.29, 0.717) is 12.6 Å². The van der Waals surface area contributed by atoms with Crippen molar-refractivity contribution in [1.82, 2.24) is 14.9 Å². The standard InChI is InChI=1S/C26H27N3O3S/c1-31-20-8-5-6-17(12-20)14-27-19-10-11-21-23(13-19)33-25-24(21)26(30)29(16-28-25)15-18-7-3-4-9-22(18)32-2/h3-9,12,16,19,27H,10-11,13-15H2,1-2H3. The molecule has 0 saturated heterocycles. The van der Waals surface area contributed by atoms with Crippen LogP contribution < -0.4 is 20.3 Å². The predicted octanol–water partition coefficient (Wildman–Crippen LogP) is 4.17. The van der Waals surface area contributed by atoms with E-state index < -0.39 is 0 Å². The lowest BCUT2D eigenvalue weighted by Gasteiger charge is -2.23. The number of para-hydroxylation sites is 1. The van der Waals surface area contributed by atoms with Gasteiger partial charge < -0.3 is 14.8 Å². The maximum absolute atomic E-state index is 13.4. The summed E-state index contributed by atoms with van der Waals surface area (Å²) in [7, 11) is 3.34. The summed E-state index contributed by atoms with van der Waals surface area (Å²) >= 11 is 1.66. The van der Waals surface area contributed by atoms with Crippen molar-refractivity contribution in [1.29, 1.82) is 0 Å². The summed E-state index contributed by atoms with van der Waals surface area (Å²) in [4.78, 5) is 20.1. The first-order valence-corrected chi connectivity index (χ1v) is 12.0. The van der Waals surface area contributed by atoms with E-state index in [-0.39, 0.29) is 5.56 Å². The summed E-state index contributed by atoms with van der Waals surface area (Å²) < 4.78 is 12.5. The van der Waals surface area contributed by atoms with Crippen LogP contribution in [0.25, 0.3) is 10.2 Å². The van der Waals surface area contributed by atoms with Crippen molar-refractivity contribution in [3.8, 4) is 11.5 Å². The number of fused-ring (bicyclic) bond motifs is 3. The average molecular weight is 462 g/mol. The van der Waals surface area contributed by atoms with Gasteiger partial charge in [-0.2, -0.15) is 0 Å². The van der Waals surface area contributed by atoms with Crippen LogP contribution in [0.5, 0.6) is 11.5 Å². The highest BCUT2D eigenvalue weighted by Gasteiger charge is 2.25. The minimum Gasteiger partial charge on any atom is -0.497 e. The molecule has 6 nitrogen and oxygen atoms in total. The van der Waals surface area contributed by atoms with Gasteiger partial charge in [-0.25, -0.2) is 4.98 Å². The summed E-state index contributed by atoms with van der Waals surface area (Å²) in [6, 6.07) is 16.3. The number of rotatable bonds is 7. The number of aromatic nitrogens is 2. The van der Waals surface area contributed by atoms with Crippen molar-refractivity contribution in [3.05, 3.63) is 86.8 Å². The zero-order valence-electron chi connectivity index (χ0n) is 18.8. The minimum atomic E-state index is 0.0335. The molecule has 1 atom stereocenters. The van der Waals surface area contributed by atoms with E-state index in [1.165, 1.54) is 16.0 Å². The normalized spacial score (nSPS) is 15.4. The molecular formula is C26H27N3O3S. The lowest BCUT2D eigenvalue weighted by atomic mass is 9.93. The van der Waals surface area contributed by atoms with Gasteiger partial charge in [-0.1, -0.05) is 30.3 Å². The van der Waals surface area contributed by atoms with Crippen molar-refractivity contribution in [2.24, 2.45) is 0 Å². The number of ether oxygens (including phenoxy) is 2. The third kappa shape index (κ3) is 4.38. The zero-order chi connectivity index (χ0) is 22.8. The van der Waals surface area contributed by atoms with Gasteiger partial charge in [-0.3, -0.25) is 9.36 Å². The van der Waals surface area contributed by atoms with Crippen molar-refractivity contribution < 1.29 is 9.47 Å². The van der Waals surface area contributed by atoms with Gasteiger partial charge in [0.1, 0.15) is 16.3 Å². The second-order valence-electron chi connectivity index (χ2n) is 8.35. The Labute approximate surface area is 196 Å². The fourth-order valence-corrected chi connectivity index (χ4v) is 5.81. The van der Waals surface area contributed by atoms with Crippen LogP contribution in [-0.2, 0) is 25.9 Å². The van der Waals surface area contributed by atoms with Crippen molar-refractivity contribution >= 4 is 21.6 Å². The average Bonchev–Trinajstić information content (AvgIpc) is 3.23. The number of hydrogen-bond donors (Lipinski definition) is 1. The summed E-state index contributed by atoms with van der Waals surface area (Å²) in [5, 5.41) is 4.47. The Morgan fingerprint density at radius 3 is 2.88 bits per heavy atom. The quantitative estimate of drug-likeness (QED) is 0.448. The Balaban J connectivity index is 1.36. The van der Waals surface area contributed by atoms with Crippen molar-refractivity contribution in [2.45, 2.75) is 38.4 Å². The fourth-order valence-electron chi connectivity index (χ4n) is 4.55. The summed E-state index contributed by atoms with van der Waals surface area (Å²) in [6.45, 7) is 1.24. The highest BCUT2D eigenvalue weighted by Crippen LogP contribution is 2.34. The largest absolute Gasteiger partial charge is 0.497 e. The molecule has 170 valence electrons. The van der Waals surface area contributed by atoms with Gasteiger partial charge >= 0.3 is 0 Å². The molecule has 2 heterocycles. The molecule has 0 fully saturated rings. The van der Waals surface area contributed by atoms with Crippen LogP contribution in [0.4, 0.5) is 0 Å². The molecule has 1 unspecified atom stereocenters. The highest BCUT2D eigenvalue weighted by atomic mass is 32.1. The fraction of sp³-hybridized carbons (Fsp3) is 0.308. The molecule has 0 aliphatic heterocycles. The van der Waals surface area contributed by atoms with E-state index >= 15 is 0 Å². The van der Waals surface area contributed by atoms with Crippen molar-refractivity contribution in [2.75, 3.05) is 14.2 Å². The smallest absolute Gasteiger partial charge is 0.262 e. The number of nitrogens with zero attached hydrogens (tertiary/aromatic N) is 2. The second kappa shape index (κ2) is 9.37. The number of aryl methyl sites for hydroxylation is 1. The molecular weight excluding hydrogens is 434 g/mol. The number of benzene rings is 2. The zero-order valence-corrected chi connectivity index (χ0v) is 19.7. The molecule has 1 aliphatic carbocycles. The Hall–Kier alpha value is -3.16. The van der Waals surface area contributed by atoms with Gasteiger partial charge in [-0.15, -0.1) is 11.3 Å². The van der Waals surface area contributed by atoms with Gasteiger partial charge in [-0.05, 0) is 48.6 Å². The predicted molar refractivity (Wildman–Crippen MR) is 132 cm³/mol. The first kappa shape index (κ1) is 21.7. The monoisotopic (exact) mass is 461 g/mol. The number of thiophene rings is 1. The highest BCUT2D eigenvalue weighted by molar-refractivity contribution is 7.18. The van der Waals surface area contributed by atoms with Gasteiger partial charge in [0.2, 0.25) is 0 Å². The van der Waals surface area contributed by atoms with Crippen LogP contribution in [0.2, 0.25) is 0 Å². The lowest BCUT2D eigenvalue weighted by Crippen LogP contribution is -2.33. The van der Waals surface area contributed by atoms with Crippen molar-refractivity contribution in [3.63, 3.8) is 0 Å². The molecule has 0 radical (unpaired) electrons. The Kier molecular flexibility index (Phi) is 6.15. The van der Waals surface area contributed by atoms with E-state index in [9.17, 15) is 4.79 Å². The molecule has 0 spiro atoms.